The van der Waals surface area contributed by atoms with E-state index in [1.165, 1.54) is 19.3 Å². The molecule has 2 aromatic heterocycles. The highest BCUT2D eigenvalue weighted by Gasteiger charge is 2.17. The van der Waals surface area contributed by atoms with Crippen LogP contribution in [-0.4, -0.2) is 40.0 Å². The first-order valence-electron chi connectivity index (χ1n) is 7.51. The third-order valence-electron chi connectivity index (χ3n) is 3.69. The normalized spacial score (nSPS) is 15.4. The summed E-state index contributed by atoms with van der Waals surface area (Å²) < 4.78 is 6.91. The average molecular weight is 288 g/mol. The van der Waals surface area contributed by atoms with Crippen LogP contribution in [0.2, 0.25) is 0 Å². The monoisotopic (exact) mass is 288 g/mol. The van der Waals surface area contributed by atoms with Crippen molar-refractivity contribution in [3.8, 4) is 0 Å². The molecule has 0 atom stereocenters. The van der Waals surface area contributed by atoms with Crippen molar-refractivity contribution in [3.05, 3.63) is 24.3 Å². The number of carbonyl (C=O) groups is 1. The molecule has 0 amide bonds. The van der Waals surface area contributed by atoms with Crippen molar-refractivity contribution >= 4 is 17.4 Å². The molecule has 0 saturated carbocycles. The Kier molecular flexibility index (Phi) is 4.03. The molecule has 1 fully saturated rings. The van der Waals surface area contributed by atoms with Gasteiger partial charge in [0.25, 0.3) is 0 Å². The minimum Gasteiger partial charge on any atom is -0.466 e. The minimum atomic E-state index is -0.242. The Morgan fingerprint density at radius 1 is 1.33 bits per heavy atom. The lowest BCUT2D eigenvalue weighted by atomic mass is 10.1. The molecule has 0 N–H and O–H groups in total. The van der Waals surface area contributed by atoms with E-state index >= 15 is 0 Å². The standard InChI is InChI=1S/C15H20N4O2/c1-2-21-13(20)10-12-11-19-9-6-16-14(15(19)17-12)18-7-4-3-5-8-18/h6,9,11H,2-5,7-8,10H2,1H3. The lowest BCUT2D eigenvalue weighted by molar-refractivity contribution is -0.142. The number of piperidine rings is 1. The van der Waals surface area contributed by atoms with Gasteiger partial charge in [0.05, 0.1) is 18.7 Å². The Hall–Kier alpha value is -2.11. The largest absolute Gasteiger partial charge is 0.466 e. The summed E-state index contributed by atoms with van der Waals surface area (Å²) in [5.41, 5.74) is 1.54. The first-order chi connectivity index (χ1) is 10.3. The number of anilines is 1. The predicted molar refractivity (Wildman–Crippen MR) is 79.4 cm³/mol. The highest BCUT2D eigenvalue weighted by Crippen LogP contribution is 2.22. The molecule has 6 heteroatoms. The molecule has 3 rings (SSSR count). The summed E-state index contributed by atoms with van der Waals surface area (Å²) in [5.74, 6) is 0.667. The number of esters is 1. The molecule has 1 aliphatic heterocycles. The Labute approximate surface area is 123 Å². The van der Waals surface area contributed by atoms with Crippen LogP contribution in [0, 0.1) is 0 Å². The first kappa shape index (κ1) is 13.9. The molecule has 0 bridgehead atoms. The summed E-state index contributed by atoms with van der Waals surface area (Å²) in [6.45, 7) is 4.24. The molecule has 112 valence electrons. The Bertz CT molecular complexity index is 632. The summed E-state index contributed by atoms with van der Waals surface area (Å²) in [6, 6.07) is 0. The molecular weight excluding hydrogens is 268 g/mol. The van der Waals surface area contributed by atoms with Crippen LogP contribution >= 0.6 is 0 Å². The number of rotatable bonds is 4. The Morgan fingerprint density at radius 2 is 2.14 bits per heavy atom. The summed E-state index contributed by atoms with van der Waals surface area (Å²) in [7, 11) is 0. The van der Waals surface area contributed by atoms with Gasteiger partial charge >= 0.3 is 5.97 Å². The van der Waals surface area contributed by atoms with Crippen LogP contribution < -0.4 is 4.90 Å². The summed E-state index contributed by atoms with van der Waals surface area (Å²) in [4.78, 5) is 22.9. The summed E-state index contributed by atoms with van der Waals surface area (Å²) in [5, 5.41) is 0. The molecule has 0 spiro atoms. The van der Waals surface area contributed by atoms with Gasteiger partial charge in [0.1, 0.15) is 0 Å². The van der Waals surface area contributed by atoms with E-state index in [1.807, 2.05) is 16.8 Å². The van der Waals surface area contributed by atoms with Gasteiger partial charge in [-0.05, 0) is 26.2 Å². The maximum Gasteiger partial charge on any atom is 0.311 e. The number of ether oxygens (including phenoxy) is 1. The van der Waals surface area contributed by atoms with Gasteiger partial charge in [-0.1, -0.05) is 0 Å². The highest BCUT2D eigenvalue weighted by atomic mass is 16.5. The van der Waals surface area contributed by atoms with Gasteiger partial charge in [-0.3, -0.25) is 4.79 Å². The van der Waals surface area contributed by atoms with Crippen molar-refractivity contribution in [3.63, 3.8) is 0 Å². The second kappa shape index (κ2) is 6.11. The molecule has 3 heterocycles. The van der Waals surface area contributed by atoms with Crippen molar-refractivity contribution in [2.75, 3.05) is 24.6 Å². The van der Waals surface area contributed by atoms with Gasteiger partial charge in [-0.2, -0.15) is 0 Å². The maximum absolute atomic E-state index is 11.6. The zero-order valence-electron chi connectivity index (χ0n) is 12.3. The van der Waals surface area contributed by atoms with Crippen LogP contribution in [0.25, 0.3) is 5.65 Å². The molecule has 0 aromatic carbocycles. The maximum atomic E-state index is 11.6. The van der Waals surface area contributed by atoms with Gasteiger partial charge in [0.2, 0.25) is 0 Å². The van der Waals surface area contributed by atoms with Crippen LogP contribution in [0.1, 0.15) is 31.9 Å². The fraction of sp³-hybridized carbons (Fsp3) is 0.533. The minimum absolute atomic E-state index is 0.203. The number of hydrogen-bond donors (Lipinski definition) is 0. The van der Waals surface area contributed by atoms with Crippen LogP contribution in [0.5, 0.6) is 0 Å². The first-order valence-corrected chi connectivity index (χ1v) is 7.51. The van der Waals surface area contributed by atoms with Crippen LogP contribution in [-0.2, 0) is 16.0 Å². The van der Waals surface area contributed by atoms with Crippen molar-refractivity contribution in [1.82, 2.24) is 14.4 Å². The van der Waals surface area contributed by atoms with Crippen LogP contribution in [0.3, 0.4) is 0 Å². The third-order valence-corrected chi connectivity index (χ3v) is 3.69. The second-order valence-electron chi connectivity index (χ2n) is 5.24. The fourth-order valence-corrected chi connectivity index (χ4v) is 2.73. The molecule has 1 aliphatic rings. The van der Waals surface area contributed by atoms with Gasteiger partial charge < -0.3 is 14.0 Å². The zero-order chi connectivity index (χ0) is 14.7. The molecule has 0 radical (unpaired) electrons. The zero-order valence-corrected chi connectivity index (χ0v) is 12.3. The van der Waals surface area contributed by atoms with Gasteiger partial charge in [0.15, 0.2) is 11.5 Å². The van der Waals surface area contributed by atoms with Gasteiger partial charge in [0, 0.05) is 31.7 Å². The number of fused-ring (bicyclic) bond motifs is 1. The van der Waals surface area contributed by atoms with E-state index in [1.54, 1.807) is 13.1 Å². The van der Waals surface area contributed by atoms with Crippen LogP contribution in [0.15, 0.2) is 18.6 Å². The van der Waals surface area contributed by atoms with E-state index < -0.39 is 0 Å². The summed E-state index contributed by atoms with van der Waals surface area (Å²) >= 11 is 0. The van der Waals surface area contributed by atoms with Crippen molar-refractivity contribution in [1.29, 1.82) is 0 Å². The SMILES string of the molecule is CCOC(=O)Cc1cn2ccnc(N3CCCCC3)c2n1. The van der Waals surface area contributed by atoms with Crippen molar-refractivity contribution in [2.24, 2.45) is 0 Å². The summed E-state index contributed by atoms with van der Waals surface area (Å²) in [6.07, 6.45) is 9.40. The molecule has 0 aliphatic carbocycles. The topological polar surface area (TPSA) is 59.7 Å². The molecule has 1 saturated heterocycles. The Balaban J connectivity index is 1.88. The van der Waals surface area contributed by atoms with Gasteiger partial charge in [-0.15, -0.1) is 0 Å². The molecule has 6 nitrogen and oxygen atoms in total. The lowest BCUT2D eigenvalue weighted by Gasteiger charge is -2.27. The Morgan fingerprint density at radius 3 is 2.90 bits per heavy atom. The van der Waals surface area contributed by atoms with E-state index in [2.05, 4.69) is 14.9 Å². The van der Waals surface area contributed by atoms with E-state index in [-0.39, 0.29) is 12.4 Å². The van der Waals surface area contributed by atoms with E-state index in [9.17, 15) is 4.79 Å². The number of aromatic nitrogens is 3. The smallest absolute Gasteiger partial charge is 0.311 e. The van der Waals surface area contributed by atoms with Crippen molar-refractivity contribution in [2.45, 2.75) is 32.6 Å². The quantitative estimate of drug-likeness (QED) is 0.803. The second-order valence-corrected chi connectivity index (χ2v) is 5.24. The molecular formula is C15H20N4O2. The third kappa shape index (κ3) is 2.99. The molecule has 21 heavy (non-hydrogen) atoms. The highest BCUT2D eigenvalue weighted by molar-refractivity contribution is 5.73. The number of imidazole rings is 1. The predicted octanol–water partition coefficient (Wildman–Crippen LogP) is 1.83. The van der Waals surface area contributed by atoms with E-state index in [4.69, 9.17) is 4.74 Å². The number of carbonyl (C=O) groups excluding carboxylic acids is 1. The molecule has 2 aromatic rings. The van der Waals surface area contributed by atoms with E-state index in [0.29, 0.717) is 6.61 Å². The van der Waals surface area contributed by atoms with Crippen LogP contribution in [0.4, 0.5) is 5.82 Å². The number of nitrogens with zero attached hydrogens (tertiary/aromatic N) is 4. The average Bonchev–Trinajstić information content (AvgIpc) is 2.90. The van der Waals surface area contributed by atoms with E-state index in [0.717, 1.165) is 30.2 Å². The fourth-order valence-electron chi connectivity index (χ4n) is 2.73. The molecule has 0 unspecified atom stereocenters. The lowest BCUT2D eigenvalue weighted by Crippen LogP contribution is -2.30. The van der Waals surface area contributed by atoms with Gasteiger partial charge in [-0.25, -0.2) is 9.97 Å². The number of hydrogen-bond acceptors (Lipinski definition) is 5. The van der Waals surface area contributed by atoms with Crippen molar-refractivity contribution < 1.29 is 9.53 Å².